The molecule has 5 nitrogen and oxygen atoms in total. The largest absolute Gasteiger partial charge is 0.496 e. The monoisotopic (exact) mass is 204 g/mol. The topological polar surface area (TPSA) is 76.2 Å². The lowest BCUT2D eigenvalue weighted by molar-refractivity contribution is -0.415. The Bertz CT molecular complexity index is 446. The molecule has 0 spiro atoms. The lowest BCUT2D eigenvalue weighted by atomic mass is 10.2. The number of rotatable bonds is 3. The highest BCUT2D eigenvalue weighted by molar-refractivity contribution is 5.60. The Kier molecular flexibility index (Phi) is 3.41. The molecule has 1 rings (SSSR count). The summed E-state index contributed by atoms with van der Waals surface area (Å²) in [6.07, 6.45) is 1.18. The van der Waals surface area contributed by atoms with Crippen LogP contribution in [0.25, 0.3) is 6.08 Å². The van der Waals surface area contributed by atoms with Crippen molar-refractivity contribution in [2.45, 2.75) is 0 Å². The highest BCUT2D eigenvalue weighted by atomic mass is 16.6. The Hall–Kier alpha value is -2.35. The number of nitriles is 1. The number of nitrogens with zero attached hydrogens (tertiary/aromatic N) is 2. The number of benzene rings is 1. The summed E-state index contributed by atoms with van der Waals surface area (Å²) in [5, 5.41) is 18.9. The van der Waals surface area contributed by atoms with E-state index >= 15 is 0 Å². The molecule has 0 bridgehead atoms. The normalized spacial score (nSPS) is 10.5. The van der Waals surface area contributed by atoms with Crippen molar-refractivity contribution >= 4 is 6.08 Å². The van der Waals surface area contributed by atoms with Gasteiger partial charge in [-0.2, -0.15) is 5.26 Å². The number of para-hydroxylation sites is 1. The molecule has 1 aromatic carbocycles. The minimum absolute atomic E-state index is 0.493. The van der Waals surface area contributed by atoms with Gasteiger partial charge in [0.25, 0.3) is 0 Å². The third kappa shape index (κ3) is 2.54. The minimum Gasteiger partial charge on any atom is -0.496 e. The van der Waals surface area contributed by atoms with Crippen molar-refractivity contribution in [2.75, 3.05) is 7.11 Å². The predicted molar refractivity (Wildman–Crippen MR) is 53.6 cm³/mol. The third-order valence-electron chi connectivity index (χ3n) is 1.74. The van der Waals surface area contributed by atoms with Crippen LogP contribution < -0.4 is 4.74 Å². The molecule has 0 heterocycles. The van der Waals surface area contributed by atoms with Crippen molar-refractivity contribution < 1.29 is 9.66 Å². The lowest BCUT2D eigenvalue weighted by Crippen LogP contribution is -1.96. The minimum atomic E-state index is -0.730. The second-order valence-corrected chi connectivity index (χ2v) is 2.64. The first-order valence-corrected chi connectivity index (χ1v) is 4.08. The Morgan fingerprint density at radius 1 is 1.60 bits per heavy atom. The van der Waals surface area contributed by atoms with Crippen LogP contribution >= 0.6 is 0 Å². The van der Waals surface area contributed by atoms with Gasteiger partial charge in [0.1, 0.15) is 5.75 Å². The van der Waals surface area contributed by atoms with Crippen molar-refractivity contribution in [3.05, 3.63) is 45.6 Å². The van der Waals surface area contributed by atoms with Gasteiger partial charge in [-0.15, -0.1) is 0 Å². The van der Waals surface area contributed by atoms with E-state index < -0.39 is 10.6 Å². The second kappa shape index (κ2) is 4.77. The highest BCUT2D eigenvalue weighted by Gasteiger charge is 2.10. The van der Waals surface area contributed by atoms with E-state index in [1.54, 1.807) is 24.3 Å². The Labute approximate surface area is 86.4 Å². The SMILES string of the molecule is COc1ccccc1/C=C(\C#N)[N+](=O)[O-]. The maximum Gasteiger partial charge on any atom is 0.346 e. The molecular weight excluding hydrogens is 196 g/mol. The van der Waals surface area contributed by atoms with Crippen molar-refractivity contribution in [3.8, 4) is 11.8 Å². The van der Waals surface area contributed by atoms with Crippen LogP contribution in [0.1, 0.15) is 5.56 Å². The van der Waals surface area contributed by atoms with Crippen LogP contribution in [0.2, 0.25) is 0 Å². The lowest BCUT2D eigenvalue weighted by Gasteiger charge is -2.02. The molecule has 0 amide bonds. The van der Waals surface area contributed by atoms with Gasteiger partial charge in [-0.1, -0.05) is 18.2 Å². The van der Waals surface area contributed by atoms with E-state index in [-0.39, 0.29) is 0 Å². The van der Waals surface area contributed by atoms with Crippen molar-refractivity contribution in [1.29, 1.82) is 5.26 Å². The molecule has 0 aliphatic heterocycles. The zero-order chi connectivity index (χ0) is 11.3. The number of allylic oxidation sites excluding steroid dienone is 1. The molecule has 0 atom stereocenters. The molecule has 1 aromatic rings. The van der Waals surface area contributed by atoms with Crippen LogP contribution in [0.5, 0.6) is 5.75 Å². The van der Waals surface area contributed by atoms with Gasteiger partial charge in [0, 0.05) is 11.6 Å². The third-order valence-corrected chi connectivity index (χ3v) is 1.74. The van der Waals surface area contributed by atoms with Gasteiger partial charge < -0.3 is 4.74 Å². The maximum absolute atomic E-state index is 10.4. The molecule has 0 aromatic heterocycles. The summed E-state index contributed by atoms with van der Waals surface area (Å²) in [6, 6.07) is 8.27. The molecule has 5 heteroatoms. The Balaban J connectivity index is 3.18. The van der Waals surface area contributed by atoms with Crippen LogP contribution in [-0.4, -0.2) is 12.0 Å². The van der Waals surface area contributed by atoms with Crippen molar-refractivity contribution in [1.82, 2.24) is 0 Å². The Morgan fingerprint density at radius 2 is 2.27 bits per heavy atom. The highest BCUT2D eigenvalue weighted by Crippen LogP contribution is 2.20. The van der Waals surface area contributed by atoms with Crippen LogP contribution in [0.15, 0.2) is 30.0 Å². The zero-order valence-corrected chi connectivity index (χ0v) is 8.01. The summed E-state index contributed by atoms with van der Waals surface area (Å²) in [5.74, 6) is 0.493. The van der Waals surface area contributed by atoms with Gasteiger partial charge in [-0.05, 0) is 6.07 Å². The fourth-order valence-corrected chi connectivity index (χ4v) is 1.06. The van der Waals surface area contributed by atoms with E-state index in [0.29, 0.717) is 11.3 Å². The van der Waals surface area contributed by atoms with Crippen molar-refractivity contribution in [2.24, 2.45) is 0 Å². The Morgan fingerprint density at radius 3 is 2.80 bits per heavy atom. The standard InChI is InChI=1S/C10H8N2O3/c1-15-10-5-3-2-4-8(10)6-9(7-11)12(13)14/h2-6H,1H3/b9-6+. The summed E-state index contributed by atoms with van der Waals surface area (Å²) >= 11 is 0. The van der Waals surface area contributed by atoms with Gasteiger partial charge in [0.15, 0.2) is 6.07 Å². The zero-order valence-electron chi connectivity index (χ0n) is 8.01. The molecule has 0 fully saturated rings. The predicted octanol–water partition coefficient (Wildman–Crippen LogP) is 1.84. The van der Waals surface area contributed by atoms with Crippen LogP contribution in [0.4, 0.5) is 0 Å². The molecule has 0 saturated carbocycles. The van der Waals surface area contributed by atoms with E-state index in [1.807, 2.05) is 0 Å². The summed E-state index contributed by atoms with van der Waals surface area (Å²) in [6.45, 7) is 0. The molecule has 15 heavy (non-hydrogen) atoms. The van der Waals surface area contributed by atoms with E-state index in [0.717, 1.165) is 0 Å². The molecule has 0 radical (unpaired) electrons. The second-order valence-electron chi connectivity index (χ2n) is 2.64. The summed E-state index contributed by atoms with van der Waals surface area (Å²) in [4.78, 5) is 9.68. The number of methoxy groups -OCH3 is 1. The summed E-state index contributed by atoms with van der Waals surface area (Å²) in [7, 11) is 1.46. The van der Waals surface area contributed by atoms with E-state index in [9.17, 15) is 10.1 Å². The van der Waals surface area contributed by atoms with Gasteiger partial charge in [-0.3, -0.25) is 10.1 Å². The van der Waals surface area contributed by atoms with Crippen LogP contribution in [-0.2, 0) is 0 Å². The van der Waals surface area contributed by atoms with E-state index in [4.69, 9.17) is 10.00 Å². The summed E-state index contributed by atoms with van der Waals surface area (Å²) in [5.41, 5.74) is -0.00671. The summed E-state index contributed by atoms with van der Waals surface area (Å²) < 4.78 is 4.99. The average molecular weight is 204 g/mol. The number of hydrogen-bond donors (Lipinski definition) is 0. The smallest absolute Gasteiger partial charge is 0.346 e. The molecule has 76 valence electrons. The first kappa shape index (κ1) is 10.7. The van der Waals surface area contributed by atoms with Gasteiger partial charge in [0.2, 0.25) is 0 Å². The van der Waals surface area contributed by atoms with Gasteiger partial charge >= 0.3 is 5.70 Å². The average Bonchev–Trinajstić information content (AvgIpc) is 2.25. The number of ether oxygens (including phenoxy) is 1. The van der Waals surface area contributed by atoms with Gasteiger partial charge in [-0.25, -0.2) is 0 Å². The number of hydrogen-bond acceptors (Lipinski definition) is 4. The molecule has 0 saturated heterocycles. The van der Waals surface area contributed by atoms with Crippen LogP contribution in [0, 0.1) is 21.4 Å². The number of nitro groups is 1. The van der Waals surface area contributed by atoms with E-state index in [2.05, 4.69) is 0 Å². The maximum atomic E-state index is 10.4. The molecule has 0 unspecified atom stereocenters. The fourth-order valence-electron chi connectivity index (χ4n) is 1.06. The van der Waals surface area contributed by atoms with Crippen LogP contribution in [0.3, 0.4) is 0 Å². The fraction of sp³-hybridized carbons (Fsp3) is 0.100. The molecule has 0 N–H and O–H groups in total. The first-order chi connectivity index (χ1) is 7.19. The van der Waals surface area contributed by atoms with Gasteiger partial charge in [0.05, 0.1) is 12.0 Å². The molecule has 0 aliphatic rings. The van der Waals surface area contributed by atoms with E-state index in [1.165, 1.54) is 19.3 Å². The quantitative estimate of drug-likeness (QED) is 0.427. The van der Waals surface area contributed by atoms with Crippen molar-refractivity contribution in [3.63, 3.8) is 0 Å². The molecular formula is C10H8N2O3. The molecule has 0 aliphatic carbocycles. The first-order valence-electron chi connectivity index (χ1n) is 4.08.